The minimum absolute atomic E-state index is 0.199. The van der Waals surface area contributed by atoms with E-state index in [0.717, 1.165) is 31.6 Å². The second kappa shape index (κ2) is 7.57. The van der Waals surface area contributed by atoms with Crippen LogP contribution in [0.2, 0.25) is 5.02 Å². The minimum Gasteiger partial charge on any atom is -0.298 e. The average Bonchev–Trinajstić information content (AvgIpc) is 3.37. The second-order valence-electron chi connectivity index (χ2n) is 6.28. The van der Waals surface area contributed by atoms with Crippen LogP contribution in [0.3, 0.4) is 0 Å². The Hall–Kier alpha value is -2.22. The van der Waals surface area contributed by atoms with Crippen LogP contribution in [0, 0.1) is 0 Å². The molecule has 26 heavy (non-hydrogen) atoms. The first-order chi connectivity index (χ1) is 12.7. The fourth-order valence-corrected chi connectivity index (χ4v) is 4.19. The standard InChI is InChI=1S/C18H18ClN5OS/c19-14-4-1-3-13(7-14)17(25)23-18-22-15(11-26-18)16-5-2-6-24(16)10-12-8-20-21-9-12/h1,3-4,7-9,11,16H,2,5-6,10H2,(H,20,21)(H,22,23,25)/t16-/m1/s1. The molecule has 1 aliphatic rings. The van der Waals surface area contributed by atoms with Crippen LogP contribution in [-0.4, -0.2) is 32.5 Å². The zero-order valence-corrected chi connectivity index (χ0v) is 15.6. The topological polar surface area (TPSA) is 73.9 Å². The Balaban J connectivity index is 1.44. The summed E-state index contributed by atoms with van der Waals surface area (Å²) in [5.74, 6) is -0.199. The quantitative estimate of drug-likeness (QED) is 0.690. The summed E-state index contributed by atoms with van der Waals surface area (Å²) in [5.41, 5.74) is 2.70. The van der Waals surface area contributed by atoms with Gasteiger partial charge in [-0.1, -0.05) is 17.7 Å². The number of carbonyl (C=O) groups is 1. The number of nitrogens with one attached hydrogen (secondary N) is 2. The van der Waals surface area contributed by atoms with E-state index in [0.29, 0.717) is 15.7 Å². The van der Waals surface area contributed by atoms with Gasteiger partial charge in [0.15, 0.2) is 5.13 Å². The van der Waals surface area contributed by atoms with Crippen molar-refractivity contribution in [3.05, 3.63) is 63.9 Å². The molecule has 0 spiro atoms. The fourth-order valence-electron chi connectivity index (χ4n) is 3.24. The molecular formula is C18H18ClN5OS. The molecule has 1 amide bonds. The smallest absolute Gasteiger partial charge is 0.257 e. The van der Waals surface area contributed by atoms with E-state index < -0.39 is 0 Å². The molecular weight excluding hydrogens is 370 g/mol. The van der Waals surface area contributed by atoms with Crippen molar-refractivity contribution in [2.24, 2.45) is 0 Å². The molecule has 3 heterocycles. The highest BCUT2D eigenvalue weighted by Crippen LogP contribution is 2.34. The van der Waals surface area contributed by atoms with Crippen LogP contribution in [0.25, 0.3) is 0 Å². The predicted octanol–water partition coefficient (Wildman–Crippen LogP) is 4.11. The van der Waals surface area contributed by atoms with E-state index in [9.17, 15) is 4.79 Å². The number of amides is 1. The Morgan fingerprint density at radius 2 is 2.38 bits per heavy atom. The third-order valence-corrected chi connectivity index (χ3v) is 5.49. The van der Waals surface area contributed by atoms with Crippen LogP contribution in [0.15, 0.2) is 42.0 Å². The van der Waals surface area contributed by atoms with Gasteiger partial charge in [-0.25, -0.2) is 4.98 Å². The Morgan fingerprint density at radius 3 is 3.19 bits per heavy atom. The first-order valence-corrected chi connectivity index (χ1v) is 9.69. The molecule has 1 fully saturated rings. The number of benzene rings is 1. The zero-order chi connectivity index (χ0) is 17.9. The van der Waals surface area contributed by atoms with Crippen LogP contribution < -0.4 is 5.32 Å². The number of hydrogen-bond donors (Lipinski definition) is 2. The van der Waals surface area contributed by atoms with Gasteiger partial charge < -0.3 is 0 Å². The number of rotatable bonds is 5. The third-order valence-electron chi connectivity index (χ3n) is 4.47. The Morgan fingerprint density at radius 1 is 1.46 bits per heavy atom. The number of halogens is 1. The number of hydrogen-bond acceptors (Lipinski definition) is 5. The van der Waals surface area contributed by atoms with E-state index in [1.54, 1.807) is 24.3 Å². The number of thiazole rings is 1. The van der Waals surface area contributed by atoms with Gasteiger partial charge in [0.25, 0.3) is 5.91 Å². The molecule has 2 aromatic heterocycles. The van der Waals surface area contributed by atoms with Gasteiger partial charge in [0.1, 0.15) is 0 Å². The molecule has 0 unspecified atom stereocenters. The predicted molar refractivity (Wildman–Crippen MR) is 102 cm³/mol. The van der Waals surface area contributed by atoms with Crippen molar-refractivity contribution < 1.29 is 4.79 Å². The van der Waals surface area contributed by atoms with Crippen molar-refractivity contribution in [1.29, 1.82) is 0 Å². The van der Waals surface area contributed by atoms with Crippen LogP contribution in [0.1, 0.15) is 40.5 Å². The third kappa shape index (κ3) is 3.80. The largest absolute Gasteiger partial charge is 0.298 e. The van der Waals surface area contributed by atoms with Crippen molar-refractivity contribution in [1.82, 2.24) is 20.1 Å². The van der Waals surface area contributed by atoms with Crippen LogP contribution in [0.5, 0.6) is 0 Å². The average molecular weight is 388 g/mol. The lowest BCUT2D eigenvalue weighted by Crippen LogP contribution is -2.22. The summed E-state index contributed by atoms with van der Waals surface area (Å²) < 4.78 is 0. The van der Waals surface area contributed by atoms with Crippen LogP contribution in [0.4, 0.5) is 5.13 Å². The zero-order valence-electron chi connectivity index (χ0n) is 14.0. The molecule has 6 nitrogen and oxygen atoms in total. The molecule has 0 aliphatic carbocycles. The van der Waals surface area contributed by atoms with E-state index in [2.05, 4.69) is 25.4 Å². The first kappa shape index (κ1) is 17.2. The van der Waals surface area contributed by atoms with Gasteiger partial charge in [-0.2, -0.15) is 5.10 Å². The number of nitrogens with zero attached hydrogens (tertiary/aromatic N) is 3. The lowest BCUT2D eigenvalue weighted by molar-refractivity contribution is 0.102. The van der Waals surface area contributed by atoms with Crippen molar-refractivity contribution in [2.75, 3.05) is 11.9 Å². The number of aromatic amines is 1. The van der Waals surface area contributed by atoms with Gasteiger partial charge >= 0.3 is 0 Å². The van der Waals surface area contributed by atoms with Crippen molar-refractivity contribution in [3.8, 4) is 0 Å². The number of aromatic nitrogens is 3. The summed E-state index contributed by atoms with van der Waals surface area (Å²) >= 11 is 7.40. The maximum Gasteiger partial charge on any atom is 0.257 e. The van der Waals surface area contributed by atoms with Gasteiger partial charge in [0.05, 0.1) is 17.9 Å². The number of H-pyrrole nitrogens is 1. The monoisotopic (exact) mass is 387 g/mol. The van der Waals surface area contributed by atoms with Crippen molar-refractivity contribution in [2.45, 2.75) is 25.4 Å². The Kier molecular flexibility index (Phi) is 5.01. The van der Waals surface area contributed by atoms with Gasteiger partial charge in [-0.3, -0.25) is 20.1 Å². The summed E-state index contributed by atoms with van der Waals surface area (Å²) in [4.78, 5) is 19.4. The maximum absolute atomic E-state index is 12.3. The number of carbonyl (C=O) groups excluding carboxylic acids is 1. The van der Waals surface area contributed by atoms with E-state index in [4.69, 9.17) is 11.6 Å². The summed E-state index contributed by atoms with van der Waals surface area (Å²) in [6.45, 7) is 1.89. The van der Waals surface area contributed by atoms with Crippen LogP contribution in [-0.2, 0) is 6.54 Å². The summed E-state index contributed by atoms with van der Waals surface area (Å²) in [7, 11) is 0. The molecule has 4 rings (SSSR count). The first-order valence-electron chi connectivity index (χ1n) is 8.43. The molecule has 0 radical (unpaired) electrons. The second-order valence-corrected chi connectivity index (χ2v) is 7.57. The minimum atomic E-state index is -0.199. The summed E-state index contributed by atoms with van der Waals surface area (Å²) in [6, 6.07) is 7.16. The van der Waals surface area contributed by atoms with E-state index in [-0.39, 0.29) is 11.9 Å². The lowest BCUT2D eigenvalue weighted by atomic mass is 10.1. The molecule has 0 bridgehead atoms. The van der Waals surface area contributed by atoms with Gasteiger partial charge in [0.2, 0.25) is 0 Å². The number of anilines is 1. The highest BCUT2D eigenvalue weighted by molar-refractivity contribution is 7.14. The molecule has 134 valence electrons. The Labute approximate surface area is 160 Å². The molecule has 1 aromatic carbocycles. The molecule has 3 aromatic rings. The molecule has 1 atom stereocenters. The molecule has 1 aliphatic heterocycles. The van der Waals surface area contributed by atoms with E-state index in [1.807, 2.05) is 17.8 Å². The molecule has 8 heteroatoms. The van der Waals surface area contributed by atoms with E-state index in [1.165, 1.54) is 16.9 Å². The molecule has 0 saturated carbocycles. The van der Waals surface area contributed by atoms with Gasteiger partial charge in [-0.05, 0) is 37.6 Å². The van der Waals surface area contributed by atoms with Crippen molar-refractivity contribution >= 4 is 34.0 Å². The molecule has 1 saturated heterocycles. The highest BCUT2D eigenvalue weighted by atomic mass is 35.5. The van der Waals surface area contributed by atoms with Crippen molar-refractivity contribution in [3.63, 3.8) is 0 Å². The SMILES string of the molecule is O=C(Nc1nc([C@H]2CCCN2Cc2cn[nH]c2)cs1)c1cccc(Cl)c1. The molecule has 2 N–H and O–H groups in total. The Bertz CT molecular complexity index is 895. The van der Waals surface area contributed by atoms with E-state index >= 15 is 0 Å². The summed E-state index contributed by atoms with van der Waals surface area (Å²) in [5, 5.41) is 12.9. The number of likely N-dealkylation sites (tertiary alicyclic amines) is 1. The normalized spacial score (nSPS) is 17.5. The highest BCUT2D eigenvalue weighted by Gasteiger charge is 2.28. The van der Waals surface area contributed by atoms with Gasteiger partial charge in [0, 0.05) is 34.3 Å². The maximum atomic E-state index is 12.3. The van der Waals surface area contributed by atoms with Crippen LogP contribution >= 0.6 is 22.9 Å². The summed E-state index contributed by atoms with van der Waals surface area (Å²) in [6.07, 6.45) is 5.99. The van der Waals surface area contributed by atoms with Gasteiger partial charge in [-0.15, -0.1) is 11.3 Å². The fraction of sp³-hybridized carbons (Fsp3) is 0.278. The lowest BCUT2D eigenvalue weighted by Gasteiger charge is -2.22.